The average molecular weight is 1160 g/mol. The fraction of sp³-hybridized carbons (Fsp3) is 0.611. The Morgan fingerprint density at radius 2 is 0.500 bits per heavy atom. The molecule has 0 fully saturated rings. The molecule has 0 amide bonds. The molecule has 0 unspecified atom stereocenters. The minimum Gasteiger partial charge on any atom is -0.507 e. The number of phenolic OH excluding ortho intramolecular Hbond substituents is 4. The molecule has 0 saturated heterocycles. The summed E-state index contributed by atoms with van der Waals surface area (Å²) in [7, 11) is 0. The minimum absolute atomic E-state index is 0.0146. The summed E-state index contributed by atoms with van der Waals surface area (Å²) in [5.41, 5.74) is 5.09. The molecule has 0 aliphatic rings. The van der Waals surface area contributed by atoms with Gasteiger partial charge in [-0.05, 0) is 136 Å². The first-order valence-electron chi connectivity index (χ1n) is 30.2. The van der Waals surface area contributed by atoms with Gasteiger partial charge in [0.1, 0.15) is 54.8 Å². The number of hydrogen-bond donors (Lipinski definition) is 4. The number of phenols is 4. The van der Waals surface area contributed by atoms with Gasteiger partial charge in [-0.25, -0.2) is 0 Å². The van der Waals surface area contributed by atoms with E-state index in [0.717, 1.165) is 66.8 Å². The van der Waals surface area contributed by atoms with Crippen molar-refractivity contribution in [1.82, 2.24) is 0 Å². The van der Waals surface area contributed by atoms with Gasteiger partial charge < -0.3 is 39.4 Å². The fourth-order valence-corrected chi connectivity index (χ4v) is 10.3. The van der Waals surface area contributed by atoms with Crippen LogP contribution in [0.4, 0.5) is 0 Å². The van der Waals surface area contributed by atoms with Gasteiger partial charge in [-0.15, -0.1) is 0 Å². The zero-order chi connectivity index (χ0) is 64.1. The minimum atomic E-state index is -1.58. The van der Waals surface area contributed by atoms with Gasteiger partial charge >= 0.3 is 23.9 Å². The van der Waals surface area contributed by atoms with E-state index in [9.17, 15) is 39.6 Å². The summed E-state index contributed by atoms with van der Waals surface area (Å²) in [6.07, 6.45) is 0.882. The molecule has 466 valence electrons. The van der Waals surface area contributed by atoms with Crippen molar-refractivity contribution < 1.29 is 58.6 Å². The second-order valence-corrected chi connectivity index (χ2v) is 31.2. The van der Waals surface area contributed by atoms with Crippen LogP contribution in [0.25, 0.3) is 0 Å². The number of aryl methyl sites for hydroxylation is 4. The van der Waals surface area contributed by atoms with Crippen LogP contribution in [0.5, 0.6) is 23.0 Å². The smallest absolute Gasteiger partial charge is 0.306 e. The van der Waals surface area contributed by atoms with Gasteiger partial charge in [0.25, 0.3) is 0 Å². The third-order valence-electron chi connectivity index (χ3n) is 15.6. The summed E-state index contributed by atoms with van der Waals surface area (Å²) in [6.45, 7) is 44.7. The number of rotatable bonds is 21. The molecule has 0 radical (unpaired) electrons. The molecule has 0 heterocycles. The van der Waals surface area contributed by atoms with Gasteiger partial charge in [-0.2, -0.15) is 0 Å². The maximum Gasteiger partial charge on any atom is 0.306 e. The Kier molecular flexibility index (Phi) is 22.4. The topological polar surface area (TPSA) is 186 Å². The first-order chi connectivity index (χ1) is 38.1. The second kappa shape index (κ2) is 26.7. The number of esters is 4. The molecule has 4 N–H and O–H groups in total. The average Bonchev–Trinajstić information content (AvgIpc) is 2.41. The first-order valence-corrected chi connectivity index (χ1v) is 30.2. The van der Waals surface area contributed by atoms with Crippen molar-refractivity contribution >= 4 is 23.9 Å². The Hall–Kier alpha value is -6.04. The Labute approximate surface area is 504 Å². The van der Waals surface area contributed by atoms with E-state index in [1.807, 2.05) is 208 Å². The Morgan fingerprint density at radius 1 is 0.321 bits per heavy atom. The van der Waals surface area contributed by atoms with Crippen LogP contribution in [-0.4, -0.2) is 70.7 Å². The largest absolute Gasteiger partial charge is 0.507 e. The molecule has 12 nitrogen and oxygen atoms in total. The van der Waals surface area contributed by atoms with Gasteiger partial charge in [-0.3, -0.25) is 19.2 Å². The van der Waals surface area contributed by atoms with Gasteiger partial charge in [0.05, 0.1) is 0 Å². The first kappa shape index (κ1) is 70.4. The van der Waals surface area contributed by atoms with Crippen LogP contribution in [0.3, 0.4) is 0 Å². The molecule has 0 aliphatic carbocycles. The summed E-state index contributed by atoms with van der Waals surface area (Å²) in [5, 5.41) is 45.5. The van der Waals surface area contributed by atoms with E-state index in [4.69, 9.17) is 18.9 Å². The summed E-state index contributed by atoms with van der Waals surface area (Å²) in [4.78, 5) is 56.3. The lowest BCUT2D eigenvalue weighted by atomic mass is 9.78. The number of benzene rings is 4. The van der Waals surface area contributed by atoms with E-state index >= 15 is 0 Å². The number of hydrogen-bond acceptors (Lipinski definition) is 12. The summed E-state index contributed by atoms with van der Waals surface area (Å²) < 4.78 is 24.4. The lowest BCUT2D eigenvalue weighted by molar-refractivity contribution is -0.170. The van der Waals surface area contributed by atoms with Gasteiger partial charge in [-0.1, -0.05) is 208 Å². The SMILES string of the molecule is CC(C)c1cc(CCC(=O)OCC(COC(=O)CCc2cc(C(C)(C)C)c(O)c(C(C)(C)C)c2)(COC(=O)CCc2cc(C(C)(C)C)c(O)c(C(C)(C)C)c2)COC(=O)CCc2cc(C(C)(C)C)c(O)c(C(C)(C)C)c2)cc(C(C)(C)C)c1O. The van der Waals surface area contributed by atoms with Gasteiger partial charge in [0, 0.05) is 25.7 Å². The lowest BCUT2D eigenvalue weighted by Crippen LogP contribution is -2.44. The van der Waals surface area contributed by atoms with Crippen molar-refractivity contribution in [3.8, 4) is 23.0 Å². The van der Waals surface area contributed by atoms with Crippen molar-refractivity contribution in [1.29, 1.82) is 0 Å². The van der Waals surface area contributed by atoms with Crippen LogP contribution < -0.4 is 0 Å². The highest BCUT2D eigenvalue weighted by atomic mass is 16.6. The number of carbonyl (C=O) groups excluding carboxylic acids is 4. The molecule has 4 aromatic carbocycles. The molecular weight excluding hydrogens is 1060 g/mol. The molecule has 4 rings (SSSR count). The van der Waals surface area contributed by atoms with Crippen LogP contribution >= 0.6 is 0 Å². The van der Waals surface area contributed by atoms with Gasteiger partial charge in [0.15, 0.2) is 0 Å². The van der Waals surface area contributed by atoms with E-state index in [1.54, 1.807) is 0 Å². The van der Waals surface area contributed by atoms with Gasteiger partial charge in [0.2, 0.25) is 0 Å². The summed E-state index contributed by atoms with van der Waals surface area (Å²) >= 11 is 0. The zero-order valence-corrected chi connectivity index (χ0v) is 55.7. The van der Waals surface area contributed by atoms with Crippen molar-refractivity contribution in [2.24, 2.45) is 5.41 Å². The van der Waals surface area contributed by atoms with E-state index in [-0.39, 0.29) is 85.7 Å². The van der Waals surface area contributed by atoms with E-state index in [2.05, 4.69) is 0 Å². The molecule has 0 saturated carbocycles. The highest BCUT2D eigenvalue weighted by molar-refractivity contribution is 5.72. The quantitative estimate of drug-likeness (QED) is 0.0458. The Morgan fingerprint density at radius 3 is 0.679 bits per heavy atom. The monoisotopic (exact) mass is 1160 g/mol. The zero-order valence-electron chi connectivity index (χ0n) is 55.7. The Bertz CT molecular complexity index is 2630. The molecule has 12 heteroatoms. The molecule has 0 atom stereocenters. The van der Waals surface area contributed by atoms with Crippen LogP contribution in [0, 0.1) is 5.41 Å². The third-order valence-corrected chi connectivity index (χ3v) is 15.6. The second-order valence-electron chi connectivity index (χ2n) is 31.2. The van der Waals surface area contributed by atoms with E-state index in [0.29, 0.717) is 0 Å². The van der Waals surface area contributed by atoms with Crippen molar-refractivity contribution in [2.45, 2.75) is 254 Å². The van der Waals surface area contributed by atoms with Crippen LogP contribution in [-0.2, 0) is 102 Å². The molecule has 0 spiro atoms. The molecular formula is C72H106O12. The standard InChI is InChI=1S/C72H106O12/c1-44(2)49-32-45(33-50(61(49)77)65(3,4)5)24-28-57(73)81-40-72(41-82-58(74)29-25-46-34-51(66(6,7)8)62(78)52(35-46)67(9,10)11,42-83-59(75)30-26-47-36-53(68(12,13)14)63(79)54(37-47)69(15,16)17)43-84-60(76)31-27-48-38-55(70(18,19)20)64(80)56(39-48)71(21,22)23/h32-39,44,77-80H,24-31,40-43H2,1-23H3. The van der Waals surface area contributed by atoms with Crippen LogP contribution in [0.1, 0.15) is 258 Å². The maximum atomic E-state index is 14.1. The van der Waals surface area contributed by atoms with E-state index < -0.39 is 88.2 Å². The Balaban J connectivity index is 1.75. The van der Waals surface area contributed by atoms with Crippen molar-refractivity contribution in [2.75, 3.05) is 26.4 Å². The highest BCUT2D eigenvalue weighted by Crippen LogP contribution is 2.44. The van der Waals surface area contributed by atoms with Crippen molar-refractivity contribution in [3.63, 3.8) is 0 Å². The molecule has 84 heavy (non-hydrogen) atoms. The number of carbonyl (C=O) groups is 4. The predicted molar refractivity (Wildman–Crippen MR) is 337 cm³/mol. The molecule has 0 bridgehead atoms. The highest BCUT2D eigenvalue weighted by Gasteiger charge is 2.39. The van der Waals surface area contributed by atoms with Crippen LogP contribution in [0.2, 0.25) is 0 Å². The summed E-state index contributed by atoms with van der Waals surface area (Å²) in [6, 6.07) is 15.4. The van der Waals surface area contributed by atoms with E-state index in [1.165, 1.54) is 0 Å². The third kappa shape index (κ3) is 19.5. The number of aromatic hydroxyl groups is 4. The predicted octanol–water partition coefficient (Wildman–Crippen LogP) is 15.7. The summed E-state index contributed by atoms with van der Waals surface area (Å²) in [5.74, 6) is -1.45. The maximum absolute atomic E-state index is 14.1. The molecule has 0 aliphatic heterocycles. The molecule has 4 aromatic rings. The van der Waals surface area contributed by atoms with Crippen LogP contribution in [0.15, 0.2) is 48.5 Å². The molecule has 0 aromatic heterocycles. The normalized spacial score (nSPS) is 13.0. The fourth-order valence-electron chi connectivity index (χ4n) is 10.3. The van der Waals surface area contributed by atoms with Crippen molar-refractivity contribution in [3.05, 3.63) is 115 Å². The lowest BCUT2D eigenvalue weighted by Gasteiger charge is -2.32. The number of ether oxygens (including phenoxy) is 4.